The molecule has 8 N–H and O–H groups in total. The van der Waals surface area contributed by atoms with Gasteiger partial charge >= 0.3 is 5.69 Å². The zero-order valence-electron chi connectivity index (χ0n) is 27.2. The molecule has 3 rings (SSSR count). The second-order valence-electron chi connectivity index (χ2n) is 12.3. The number of nitrogens with two attached hydrogens (primary N) is 2. The second-order valence-corrected chi connectivity index (χ2v) is 12.3. The van der Waals surface area contributed by atoms with Gasteiger partial charge in [-0.2, -0.15) is 4.98 Å². The molecule has 0 saturated carbocycles. The van der Waals surface area contributed by atoms with E-state index in [0.717, 1.165) is 4.57 Å². The summed E-state index contributed by atoms with van der Waals surface area (Å²) in [6.07, 6.45) is 0.742. The van der Waals surface area contributed by atoms with Crippen molar-refractivity contribution in [2.75, 3.05) is 38.2 Å². The summed E-state index contributed by atoms with van der Waals surface area (Å²) in [5.41, 5.74) is 9.76. The number of fused-ring (bicyclic) bond motifs is 2. The maximum absolute atomic E-state index is 13.5. The highest BCUT2D eigenvalue weighted by atomic mass is 16.5. The van der Waals surface area contributed by atoms with Gasteiger partial charge in [-0.25, -0.2) is 4.79 Å². The van der Waals surface area contributed by atoms with Gasteiger partial charge in [0, 0.05) is 30.1 Å². The highest BCUT2D eigenvalue weighted by molar-refractivity contribution is 5.89. The summed E-state index contributed by atoms with van der Waals surface area (Å²) in [6, 6.07) is 4.74. The van der Waals surface area contributed by atoms with Crippen LogP contribution in [0.15, 0.2) is 29.2 Å². The second kappa shape index (κ2) is 16.0. The van der Waals surface area contributed by atoms with Gasteiger partial charge in [-0.3, -0.25) is 19.5 Å². The Hall–Kier alpha value is -3.56. The number of Topliss-reactive ketones (excluding diaryl/α,β-unsaturated/α-hetero) is 1. The summed E-state index contributed by atoms with van der Waals surface area (Å²) in [5.74, 6) is 0.706. The van der Waals surface area contributed by atoms with E-state index in [0.29, 0.717) is 23.7 Å². The predicted molar refractivity (Wildman–Crippen MR) is 170 cm³/mol. The molecule has 1 aliphatic rings. The highest BCUT2D eigenvalue weighted by Crippen LogP contribution is 2.44. The monoisotopic (exact) mass is 618 g/mol. The number of amides is 1. The molecule has 0 bridgehead atoms. The summed E-state index contributed by atoms with van der Waals surface area (Å²) in [7, 11) is 0. The summed E-state index contributed by atoms with van der Waals surface area (Å²) < 4.78 is 12.9. The number of aliphatic hydroxyl groups is 1. The first kappa shape index (κ1) is 36.6. The zero-order valence-corrected chi connectivity index (χ0v) is 27.2. The third-order valence-electron chi connectivity index (χ3n) is 6.28. The van der Waals surface area contributed by atoms with Crippen molar-refractivity contribution in [3.63, 3.8) is 0 Å². The van der Waals surface area contributed by atoms with Crippen molar-refractivity contribution in [2.45, 2.75) is 79.8 Å². The maximum atomic E-state index is 13.5. The number of carbonyl (C=O) groups is 2. The third kappa shape index (κ3) is 10.9. The van der Waals surface area contributed by atoms with Gasteiger partial charge in [-0.15, -0.1) is 0 Å². The van der Waals surface area contributed by atoms with Crippen LogP contribution in [0.4, 0.5) is 11.5 Å². The number of aliphatic hydroxyl groups excluding tert-OH is 1. The molecule has 0 fully saturated rings. The fraction of sp³-hybridized carbons (Fsp3) is 0.600. The van der Waals surface area contributed by atoms with Gasteiger partial charge in [0.05, 0.1) is 19.3 Å². The summed E-state index contributed by atoms with van der Waals surface area (Å²) >= 11 is 0. The fourth-order valence-corrected chi connectivity index (χ4v) is 4.15. The van der Waals surface area contributed by atoms with Gasteiger partial charge in [0.2, 0.25) is 5.91 Å². The molecule has 2 heterocycles. The lowest BCUT2D eigenvalue weighted by atomic mass is 9.90. The van der Waals surface area contributed by atoms with Gasteiger partial charge in [-0.05, 0) is 32.9 Å². The van der Waals surface area contributed by atoms with Gasteiger partial charge in [-0.1, -0.05) is 40.7 Å². The SMILES string of the molecule is CC.CC(C)(C)NC(CO)CN(CC(=O)C(C)(C)C)C(=O)Cn1cc2c(nc1=O)Nc1c(OCCNC(N)N)cccc1O2. The lowest BCUT2D eigenvalue weighted by molar-refractivity contribution is -0.139. The summed E-state index contributed by atoms with van der Waals surface area (Å²) in [5, 5.41) is 19.2. The molecule has 246 valence electrons. The van der Waals surface area contributed by atoms with E-state index in [1.807, 2.05) is 34.6 Å². The minimum Gasteiger partial charge on any atom is -0.490 e. The number of hydrogen-bond donors (Lipinski definition) is 6. The molecule has 1 aromatic heterocycles. The van der Waals surface area contributed by atoms with Gasteiger partial charge in [0.25, 0.3) is 0 Å². The molecule has 1 aliphatic heterocycles. The minimum atomic E-state index is -0.685. The smallest absolute Gasteiger partial charge is 0.350 e. The first-order chi connectivity index (χ1) is 20.6. The normalized spacial score (nSPS) is 13.0. The number of rotatable bonds is 13. The Morgan fingerprint density at radius 3 is 2.43 bits per heavy atom. The molecule has 14 nitrogen and oxygen atoms in total. The number of aromatic nitrogens is 2. The van der Waals surface area contributed by atoms with Crippen molar-refractivity contribution >= 4 is 23.2 Å². The molecular formula is C30H50N8O6. The number of hydrogen-bond acceptors (Lipinski definition) is 12. The zero-order chi connectivity index (χ0) is 33.2. The third-order valence-corrected chi connectivity index (χ3v) is 6.28. The standard InChI is InChI=1S/C28H44N8O6.C2H6/c1-27(2,3)21(38)14-35(12-17(16-37)34-28(4,5)6)22(39)15-36-13-20-24(33-26(36)40)32-23-18(8-7-9-19(23)42-20)41-11-10-31-25(29)30;1-2/h7-9,13,17,25,31,34,37H,10-12,14-16,29-30H2,1-6H3,(H,32,33,40);1-2H3. The van der Waals surface area contributed by atoms with E-state index in [-0.39, 0.29) is 55.7 Å². The van der Waals surface area contributed by atoms with Crippen molar-refractivity contribution in [3.8, 4) is 17.2 Å². The lowest BCUT2D eigenvalue weighted by Crippen LogP contribution is -2.54. The van der Waals surface area contributed by atoms with E-state index < -0.39 is 29.3 Å². The molecule has 0 saturated heterocycles. The Morgan fingerprint density at radius 1 is 1.16 bits per heavy atom. The number of nitrogens with one attached hydrogen (secondary N) is 3. The van der Waals surface area contributed by atoms with Crippen LogP contribution in [0.5, 0.6) is 17.2 Å². The van der Waals surface area contributed by atoms with Crippen LogP contribution in [0.1, 0.15) is 55.4 Å². The molecule has 1 atom stereocenters. The van der Waals surface area contributed by atoms with E-state index in [1.54, 1.807) is 39.0 Å². The fourth-order valence-electron chi connectivity index (χ4n) is 4.15. The predicted octanol–water partition coefficient (Wildman–Crippen LogP) is 1.48. The Kier molecular flexibility index (Phi) is 13.3. The maximum Gasteiger partial charge on any atom is 0.350 e. The molecule has 14 heteroatoms. The van der Waals surface area contributed by atoms with E-state index in [2.05, 4.69) is 20.9 Å². The van der Waals surface area contributed by atoms with Crippen LogP contribution in [0.25, 0.3) is 0 Å². The number of carbonyl (C=O) groups excluding carboxylic acids is 2. The van der Waals surface area contributed by atoms with Crippen molar-refractivity contribution in [1.82, 2.24) is 25.1 Å². The minimum absolute atomic E-state index is 0.0719. The number of anilines is 2. The van der Waals surface area contributed by atoms with Crippen molar-refractivity contribution < 1.29 is 24.2 Å². The first-order valence-electron chi connectivity index (χ1n) is 14.8. The number of para-hydroxylation sites is 1. The summed E-state index contributed by atoms with van der Waals surface area (Å²) in [4.78, 5) is 44.8. The van der Waals surface area contributed by atoms with Crippen LogP contribution in [0, 0.1) is 5.41 Å². The van der Waals surface area contributed by atoms with Crippen LogP contribution < -0.4 is 42.6 Å². The average Bonchev–Trinajstić information content (AvgIpc) is 2.93. The largest absolute Gasteiger partial charge is 0.490 e. The molecule has 0 radical (unpaired) electrons. The Balaban J connectivity index is 0.00000330. The number of ketones is 1. The van der Waals surface area contributed by atoms with Crippen molar-refractivity contribution in [1.29, 1.82) is 0 Å². The van der Waals surface area contributed by atoms with Crippen molar-refractivity contribution in [2.24, 2.45) is 16.9 Å². The molecule has 1 aromatic carbocycles. The van der Waals surface area contributed by atoms with Crippen LogP contribution in [0.2, 0.25) is 0 Å². The van der Waals surface area contributed by atoms with E-state index in [1.165, 1.54) is 11.1 Å². The van der Waals surface area contributed by atoms with Crippen LogP contribution in [-0.4, -0.2) is 82.0 Å². The Bertz CT molecular complexity index is 1320. The highest BCUT2D eigenvalue weighted by Gasteiger charge is 2.30. The topological polar surface area (TPSA) is 199 Å². The average molecular weight is 619 g/mol. The first-order valence-corrected chi connectivity index (χ1v) is 14.8. The number of benzene rings is 1. The van der Waals surface area contributed by atoms with E-state index >= 15 is 0 Å². The number of ether oxygens (including phenoxy) is 2. The lowest BCUT2D eigenvalue weighted by Gasteiger charge is -2.33. The van der Waals surface area contributed by atoms with Crippen LogP contribution in [0.3, 0.4) is 0 Å². The number of nitrogens with zero attached hydrogens (tertiary/aromatic N) is 3. The van der Waals surface area contributed by atoms with Crippen LogP contribution in [-0.2, 0) is 16.1 Å². The summed E-state index contributed by atoms with van der Waals surface area (Å²) in [6.45, 7) is 15.1. The van der Waals surface area contributed by atoms with Crippen molar-refractivity contribution in [3.05, 3.63) is 34.9 Å². The quantitative estimate of drug-likeness (QED) is 0.119. The molecule has 0 aliphatic carbocycles. The molecule has 1 amide bonds. The van der Waals surface area contributed by atoms with Gasteiger partial charge in [0.1, 0.15) is 30.9 Å². The van der Waals surface area contributed by atoms with Gasteiger partial charge < -0.3 is 41.6 Å². The van der Waals surface area contributed by atoms with E-state index in [9.17, 15) is 19.5 Å². The Labute approximate surface area is 259 Å². The molecular weight excluding hydrogens is 568 g/mol. The molecule has 2 aromatic rings. The molecule has 44 heavy (non-hydrogen) atoms. The van der Waals surface area contributed by atoms with E-state index in [4.69, 9.17) is 20.9 Å². The van der Waals surface area contributed by atoms with Gasteiger partial charge in [0.15, 0.2) is 23.1 Å². The molecule has 0 spiro atoms. The van der Waals surface area contributed by atoms with Crippen LogP contribution >= 0.6 is 0 Å². The molecule has 1 unspecified atom stereocenters. The Morgan fingerprint density at radius 2 is 1.84 bits per heavy atom.